The molecule has 1 rings (SSSR count). The molecule has 6 heteroatoms. The quantitative estimate of drug-likeness (QED) is 0.714. The molecule has 0 spiro atoms. The molecule has 1 aromatic carbocycles. The highest BCUT2D eigenvalue weighted by Crippen LogP contribution is 2.11. The molecular formula is C17H24N2O4. The molecule has 1 aromatic rings. The molecule has 0 radical (unpaired) electrons. The standard InChI is InChI=1S/C17H24N2O4/c1-4-14(17(22)23-3)19-16(21)11-10-15(20)18-12(2)13-8-6-5-7-9-13/h5-9,12,14H,4,10-11H2,1-3H3,(H,18,20)(H,19,21)/t12-,14-/m1/s1. The fraction of sp³-hybridized carbons (Fsp3) is 0.471. The van der Waals surface area contributed by atoms with Crippen molar-refractivity contribution in [3.63, 3.8) is 0 Å². The molecule has 6 nitrogen and oxygen atoms in total. The van der Waals surface area contributed by atoms with Crippen molar-refractivity contribution in [3.8, 4) is 0 Å². The maximum Gasteiger partial charge on any atom is 0.328 e. The van der Waals surface area contributed by atoms with Crippen LogP contribution in [0.25, 0.3) is 0 Å². The molecule has 0 aliphatic rings. The molecule has 2 atom stereocenters. The average Bonchev–Trinajstić information content (AvgIpc) is 2.57. The lowest BCUT2D eigenvalue weighted by molar-refractivity contribution is -0.145. The van der Waals surface area contributed by atoms with Gasteiger partial charge in [-0.25, -0.2) is 4.79 Å². The van der Waals surface area contributed by atoms with Gasteiger partial charge in [-0.15, -0.1) is 0 Å². The molecule has 0 saturated carbocycles. The Hall–Kier alpha value is -2.37. The number of rotatable bonds is 8. The van der Waals surface area contributed by atoms with Crippen molar-refractivity contribution in [2.24, 2.45) is 0 Å². The minimum absolute atomic E-state index is 0.0286. The number of carbonyl (C=O) groups is 3. The third-order valence-corrected chi connectivity index (χ3v) is 3.49. The van der Waals surface area contributed by atoms with Crippen LogP contribution < -0.4 is 10.6 Å². The van der Waals surface area contributed by atoms with Gasteiger partial charge >= 0.3 is 5.97 Å². The summed E-state index contributed by atoms with van der Waals surface area (Å²) in [6.45, 7) is 3.66. The van der Waals surface area contributed by atoms with E-state index in [2.05, 4.69) is 15.4 Å². The number of esters is 1. The van der Waals surface area contributed by atoms with E-state index >= 15 is 0 Å². The Balaban J connectivity index is 2.38. The van der Waals surface area contributed by atoms with Gasteiger partial charge in [0.25, 0.3) is 0 Å². The number of carbonyl (C=O) groups excluding carboxylic acids is 3. The topological polar surface area (TPSA) is 84.5 Å². The van der Waals surface area contributed by atoms with Crippen LogP contribution in [-0.4, -0.2) is 30.9 Å². The number of benzene rings is 1. The lowest BCUT2D eigenvalue weighted by Crippen LogP contribution is -2.41. The van der Waals surface area contributed by atoms with Gasteiger partial charge in [-0.3, -0.25) is 9.59 Å². The lowest BCUT2D eigenvalue weighted by Gasteiger charge is -2.16. The summed E-state index contributed by atoms with van der Waals surface area (Å²) in [5, 5.41) is 5.41. The van der Waals surface area contributed by atoms with Gasteiger partial charge in [0.15, 0.2) is 0 Å². The van der Waals surface area contributed by atoms with Crippen molar-refractivity contribution in [3.05, 3.63) is 35.9 Å². The molecule has 0 fully saturated rings. The first kappa shape index (κ1) is 18.7. The Morgan fingerprint density at radius 1 is 1.04 bits per heavy atom. The fourth-order valence-electron chi connectivity index (χ4n) is 2.10. The van der Waals surface area contributed by atoms with Crippen LogP contribution in [0, 0.1) is 0 Å². The van der Waals surface area contributed by atoms with E-state index in [0.717, 1.165) is 5.56 Å². The van der Waals surface area contributed by atoms with E-state index in [1.165, 1.54) is 7.11 Å². The molecule has 23 heavy (non-hydrogen) atoms. The molecule has 0 aliphatic carbocycles. The Bertz CT molecular complexity index is 531. The second kappa shape index (κ2) is 9.61. The number of amides is 2. The van der Waals surface area contributed by atoms with Crippen LogP contribution in [0.15, 0.2) is 30.3 Å². The Kier molecular flexibility index (Phi) is 7.80. The highest BCUT2D eigenvalue weighted by atomic mass is 16.5. The minimum atomic E-state index is -0.668. The monoisotopic (exact) mass is 320 g/mol. The van der Waals surface area contributed by atoms with Crippen LogP contribution in [-0.2, 0) is 19.1 Å². The summed E-state index contributed by atoms with van der Waals surface area (Å²) >= 11 is 0. The second-order valence-electron chi connectivity index (χ2n) is 5.25. The average molecular weight is 320 g/mol. The normalized spacial score (nSPS) is 12.8. The zero-order valence-corrected chi connectivity index (χ0v) is 13.8. The van der Waals surface area contributed by atoms with Crippen LogP contribution in [0.3, 0.4) is 0 Å². The van der Waals surface area contributed by atoms with Crippen LogP contribution in [0.1, 0.15) is 44.7 Å². The summed E-state index contributed by atoms with van der Waals surface area (Å²) in [4.78, 5) is 35.1. The van der Waals surface area contributed by atoms with Crippen molar-refractivity contribution in [2.45, 2.75) is 45.2 Å². The van der Waals surface area contributed by atoms with Crippen LogP contribution in [0.5, 0.6) is 0 Å². The van der Waals surface area contributed by atoms with E-state index in [1.54, 1.807) is 6.92 Å². The Morgan fingerprint density at radius 2 is 1.61 bits per heavy atom. The van der Waals surface area contributed by atoms with Crippen molar-refractivity contribution >= 4 is 17.8 Å². The summed E-state index contributed by atoms with van der Waals surface area (Å²) < 4.78 is 4.60. The van der Waals surface area contributed by atoms with Gasteiger partial charge < -0.3 is 15.4 Å². The molecule has 2 N–H and O–H groups in total. The fourth-order valence-corrected chi connectivity index (χ4v) is 2.10. The van der Waals surface area contributed by atoms with Crippen LogP contribution in [0.2, 0.25) is 0 Å². The van der Waals surface area contributed by atoms with Gasteiger partial charge in [-0.2, -0.15) is 0 Å². The van der Waals surface area contributed by atoms with Crippen molar-refractivity contribution in [2.75, 3.05) is 7.11 Å². The third-order valence-electron chi connectivity index (χ3n) is 3.49. The first-order chi connectivity index (χ1) is 11.0. The Morgan fingerprint density at radius 3 is 2.13 bits per heavy atom. The predicted octanol–water partition coefficient (Wildman–Crippen LogP) is 1.71. The zero-order chi connectivity index (χ0) is 17.2. The van der Waals surface area contributed by atoms with Crippen molar-refractivity contribution in [1.29, 1.82) is 0 Å². The van der Waals surface area contributed by atoms with E-state index in [4.69, 9.17) is 0 Å². The SMILES string of the molecule is CC[C@@H](NC(=O)CCC(=O)N[C@H](C)c1ccccc1)C(=O)OC. The highest BCUT2D eigenvalue weighted by molar-refractivity contribution is 5.87. The Labute approximate surface area is 136 Å². The summed E-state index contributed by atoms with van der Waals surface area (Å²) in [5.74, 6) is -1.03. The van der Waals surface area contributed by atoms with E-state index in [1.807, 2.05) is 37.3 Å². The number of hydrogen-bond acceptors (Lipinski definition) is 4. The number of hydrogen-bond donors (Lipinski definition) is 2. The van der Waals surface area contributed by atoms with Crippen molar-refractivity contribution < 1.29 is 19.1 Å². The largest absolute Gasteiger partial charge is 0.467 e. The smallest absolute Gasteiger partial charge is 0.328 e. The summed E-state index contributed by atoms with van der Waals surface area (Å²) in [6, 6.07) is 8.80. The van der Waals surface area contributed by atoms with Gasteiger partial charge in [0.05, 0.1) is 13.2 Å². The highest BCUT2D eigenvalue weighted by Gasteiger charge is 2.19. The molecule has 0 unspecified atom stereocenters. The number of ether oxygens (including phenoxy) is 1. The molecule has 2 amide bonds. The first-order valence-electron chi connectivity index (χ1n) is 7.69. The molecule has 0 aliphatic heterocycles. The van der Waals surface area contributed by atoms with Crippen LogP contribution in [0.4, 0.5) is 0 Å². The molecule has 126 valence electrons. The van der Waals surface area contributed by atoms with E-state index in [-0.39, 0.29) is 30.7 Å². The lowest BCUT2D eigenvalue weighted by atomic mass is 10.1. The molecule has 0 bridgehead atoms. The maximum absolute atomic E-state index is 11.9. The molecule has 0 aromatic heterocycles. The maximum atomic E-state index is 11.9. The number of methoxy groups -OCH3 is 1. The zero-order valence-electron chi connectivity index (χ0n) is 13.8. The van der Waals surface area contributed by atoms with E-state index in [0.29, 0.717) is 6.42 Å². The third kappa shape index (κ3) is 6.50. The molecule has 0 saturated heterocycles. The minimum Gasteiger partial charge on any atom is -0.467 e. The van der Waals surface area contributed by atoms with Gasteiger partial charge in [0.2, 0.25) is 11.8 Å². The predicted molar refractivity (Wildman–Crippen MR) is 86.5 cm³/mol. The van der Waals surface area contributed by atoms with Crippen LogP contribution >= 0.6 is 0 Å². The summed E-state index contributed by atoms with van der Waals surface area (Å²) in [5.41, 5.74) is 1.00. The van der Waals surface area contributed by atoms with Gasteiger partial charge in [-0.1, -0.05) is 37.3 Å². The van der Waals surface area contributed by atoms with E-state index < -0.39 is 12.0 Å². The van der Waals surface area contributed by atoms with Gasteiger partial charge in [0, 0.05) is 12.8 Å². The summed E-state index contributed by atoms with van der Waals surface area (Å²) in [6.07, 6.45) is 0.539. The van der Waals surface area contributed by atoms with Crippen molar-refractivity contribution in [1.82, 2.24) is 10.6 Å². The summed E-state index contributed by atoms with van der Waals surface area (Å²) in [7, 11) is 1.27. The van der Waals surface area contributed by atoms with Gasteiger partial charge in [0.1, 0.15) is 6.04 Å². The first-order valence-corrected chi connectivity index (χ1v) is 7.69. The molecular weight excluding hydrogens is 296 g/mol. The van der Waals surface area contributed by atoms with Gasteiger partial charge in [-0.05, 0) is 18.9 Å². The second-order valence-corrected chi connectivity index (χ2v) is 5.25. The number of nitrogens with one attached hydrogen (secondary N) is 2. The van der Waals surface area contributed by atoms with E-state index in [9.17, 15) is 14.4 Å². The molecule has 0 heterocycles.